The van der Waals surface area contributed by atoms with Crippen LogP contribution in [-0.2, 0) is 14.8 Å². The number of morpholine rings is 1. The molecule has 1 heterocycles. The van der Waals surface area contributed by atoms with Crippen LogP contribution < -0.4 is 0 Å². The Labute approximate surface area is 105 Å². The molecule has 6 heteroatoms. The first-order valence-corrected chi connectivity index (χ1v) is 7.80. The summed E-state index contributed by atoms with van der Waals surface area (Å²) in [5.41, 5.74) is 0. The Morgan fingerprint density at radius 2 is 2.18 bits per heavy atom. The number of ether oxygens (including phenoxy) is 1. The maximum atomic E-state index is 11.9. The molecule has 17 heavy (non-hydrogen) atoms. The van der Waals surface area contributed by atoms with E-state index in [-0.39, 0.29) is 11.9 Å². The number of hydrogen-bond donors (Lipinski definition) is 0. The lowest BCUT2D eigenvalue weighted by Gasteiger charge is -2.32. The van der Waals surface area contributed by atoms with Gasteiger partial charge in [0.15, 0.2) is 0 Å². The average Bonchev–Trinajstić information content (AvgIpc) is 2.26. The normalized spacial score (nSPS) is 23.2. The zero-order valence-corrected chi connectivity index (χ0v) is 11.9. The van der Waals surface area contributed by atoms with Crippen molar-refractivity contribution in [2.75, 3.05) is 46.1 Å². The minimum atomic E-state index is -3.10. The standard InChI is InChI=1S/C11H24N2O3S/c1-4-5-8-17(14,15)13(3)10-11-9-12(2)6-7-16-11/h11H,4-10H2,1-3H3. The molecule has 1 rings (SSSR count). The van der Waals surface area contributed by atoms with Gasteiger partial charge in [-0.1, -0.05) is 13.3 Å². The third-order valence-electron chi connectivity index (χ3n) is 3.03. The zero-order valence-electron chi connectivity index (χ0n) is 11.1. The third-order valence-corrected chi connectivity index (χ3v) is 4.94. The summed E-state index contributed by atoms with van der Waals surface area (Å²) in [4.78, 5) is 2.17. The summed E-state index contributed by atoms with van der Waals surface area (Å²) in [6.45, 7) is 4.85. The van der Waals surface area contributed by atoms with Crippen LogP contribution in [-0.4, -0.2) is 69.8 Å². The second-order valence-corrected chi connectivity index (χ2v) is 6.90. The Morgan fingerprint density at radius 3 is 2.76 bits per heavy atom. The predicted octanol–water partition coefficient (Wildman–Crippen LogP) is 0.379. The molecule has 1 aliphatic heterocycles. The van der Waals surface area contributed by atoms with E-state index < -0.39 is 10.0 Å². The molecule has 0 aromatic heterocycles. The van der Waals surface area contributed by atoms with Crippen LogP contribution >= 0.6 is 0 Å². The fourth-order valence-corrected chi connectivity index (χ4v) is 3.22. The van der Waals surface area contributed by atoms with Gasteiger partial charge in [-0.2, -0.15) is 0 Å². The van der Waals surface area contributed by atoms with Crippen molar-refractivity contribution in [1.29, 1.82) is 0 Å². The molecule has 0 radical (unpaired) electrons. The Balaban J connectivity index is 2.44. The largest absolute Gasteiger partial charge is 0.374 e. The second-order valence-electron chi connectivity index (χ2n) is 4.71. The molecule has 5 nitrogen and oxygen atoms in total. The van der Waals surface area contributed by atoms with Gasteiger partial charge in [0.25, 0.3) is 0 Å². The van der Waals surface area contributed by atoms with Crippen LogP contribution in [0.1, 0.15) is 19.8 Å². The first-order chi connectivity index (χ1) is 7.95. The highest BCUT2D eigenvalue weighted by molar-refractivity contribution is 7.89. The topological polar surface area (TPSA) is 49.9 Å². The molecule has 0 spiro atoms. The molecule has 0 bridgehead atoms. The molecule has 0 amide bonds. The van der Waals surface area contributed by atoms with E-state index in [1.54, 1.807) is 7.05 Å². The van der Waals surface area contributed by atoms with Crippen LogP contribution in [0.5, 0.6) is 0 Å². The molecular weight excluding hydrogens is 240 g/mol. The molecular formula is C11H24N2O3S. The number of unbranched alkanes of at least 4 members (excludes halogenated alkanes) is 1. The highest BCUT2D eigenvalue weighted by Crippen LogP contribution is 2.08. The monoisotopic (exact) mass is 264 g/mol. The molecule has 1 unspecified atom stereocenters. The van der Waals surface area contributed by atoms with Gasteiger partial charge >= 0.3 is 0 Å². The van der Waals surface area contributed by atoms with E-state index in [0.29, 0.717) is 13.2 Å². The van der Waals surface area contributed by atoms with Gasteiger partial charge in [0, 0.05) is 26.7 Å². The van der Waals surface area contributed by atoms with Crippen molar-refractivity contribution in [3.63, 3.8) is 0 Å². The van der Waals surface area contributed by atoms with Gasteiger partial charge in [-0.3, -0.25) is 0 Å². The van der Waals surface area contributed by atoms with Crippen molar-refractivity contribution in [3.05, 3.63) is 0 Å². The van der Waals surface area contributed by atoms with Gasteiger partial charge in [0.2, 0.25) is 10.0 Å². The summed E-state index contributed by atoms with van der Waals surface area (Å²) in [5, 5.41) is 0. The fraction of sp³-hybridized carbons (Fsp3) is 1.00. The quantitative estimate of drug-likeness (QED) is 0.696. The van der Waals surface area contributed by atoms with E-state index in [1.165, 1.54) is 4.31 Å². The van der Waals surface area contributed by atoms with Gasteiger partial charge in [-0.15, -0.1) is 0 Å². The average molecular weight is 264 g/mol. The molecule has 0 saturated carbocycles. The van der Waals surface area contributed by atoms with Crippen molar-refractivity contribution < 1.29 is 13.2 Å². The van der Waals surface area contributed by atoms with Crippen molar-refractivity contribution in [1.82, 2.24) is 9.21 Å². The summed E-state index contributed by atoms with van der Waals surface area (Å²) in [7, 11) is 0.566. The van der Waals surface area contributed by atoms with Crippen LogP contribution in [0.15, 0.2) is 0 Å². The van der Waals surface area contributed by atoms with E-state index >= 15 is 0 Å². The van der Waals surface area contributed by atoms with Crippen molar-refractivity contribution >= 4 is 10.0 Å². The maximum absolute atomic E-state index is 11.9. The number of nitrogens with zero attached hydrogens (tertiary/aromatic N) is 2. The minimum absolute atomic E-state index is 0.00449. The summed E-state index contributed by atoms with van der Waals surface area (Å²) >= 11 is 0. The Kier molecular flexibility index (Phi) is 5.85. The molecule has 1 atom stereocenters. The molecule has 1 saturated heterocycles. The second kappa shape index (κ2) is 6.68. The van der Waals surface area contributed by atoms with Crippen molar-refractivity contribution in [2.24, 2.45) is 0 Å². The molecule has 0 aromatic carbocycles. The summed E-state index contributed by atoms with van der Waals surface area (Å²) < 4.78 is 30.8. The van der Waals surface area contributed by atoms with E-state index in [0.717, 1.165) is 25.9 Å². The van der Waals surface area contributed by atoms with E-state index in [1.807, 2.05) is 14.0 Å². The number of rotatable bonds is 6. The third kappa shape index (κ3) is 4.91. The molecule has 1 fully saturated rings. The number of sulfonamides is 1. The highest BCUT2D eigenvalue weighted by Gasteiger charge is 2.24. The minimum Gasteiger partial charge on any atom is -0.374 e. The lowest BCUT2D eigenvalue weighted by Crippen LogP contribution is -2.46. The highest BCUT2D eigenvalue weighted by atomic mass is 32.2. The zero-order chi connectivity index (χ0) is 12.9. The van der Waals surface area contributed by atoms with Crippen LogP contribution in [0.3, 0.4) is 0 Å². The summed E-state index contributed by atoms with van der Waals surface area (Å²) in [6.07, 6.45) is 1.61. The van der Waals surface area contributed by atoms with Gasteiger partial charge < -0.3 is 9.64 Å². The lowest BCUT2D eigenvalue weighted by molar-refractivity contribution is -0.0247. The van der Waals surface area contributed by atoms with E-state index in [4.69, 9.17) is 4.74 Å². The number of hydrogen-bond acceptors (Lipinski definition) is 4. The molecule has 0 aliphatic carbocycles. The van der Waals surface area contributed by atoms with E-state index in [2.05, 4.69) is 4.90 Å². The SMILES string of the molecule is CCCCS(=O)(=O)N(C)CC1CN(C)CCO1. The molecule has 1 aliphatic rings. The predicted molar refractivity (Wildman–Crippen MR) is 68.6 cm³/mol. The van der Waals surface area contributed by atoms with Crippen LogP contribution in [0.4, 0.5) is 0 Å². The Morgan fingerprint density at radius 1 is 1.47 bits per heavy atom. The van der Waals surface area contributed by atoms with Crippen LogP contribution in [0.2, 0.25) is 0 Å². The van der Waals surface area contributed by atoms with Crippen LogP contribution in [0, 0.1) is 0 Å². The first kappa shape index (κ1) is 14.9. The fourth-order valence-electron chi connectivity index (χ4n) is 1.86. The van der Waals surface area contributed by atoms with Gasteiger partial charge in [0.05, 0.1) is 18.5 Å². The van der Waals surface area contributed by atoms with Crippen molar-refractivity contribution in [3.8, 4) is 0 Å². The molecule has 102 valence electrons. The maximum Gasteiger partial charge on any atom is 0.213 e. The van der Waals surface area contributed by atoms with Crippen LogP contribution in [0.25, 0.3) is 0 Å². The molecule has 0 N–H and O–H groups in total. The Hall–Kier alpha value is -0.170. The molecule has 0 aromatic rings. The van der Waals surface area contributed by atoms with Gasteiger partial charge in [0.1, 0.15) is 0 Å². The van der Waals surface area contributed by atoms with Gasteiger partial charge in [-0.25, -0.2) is 12.7 Å². The number of likely N-dealkylation sites (N-methyl/N-ethyl adjacent to an activating group) is 2. The van der Waals surface area contributed by atoms with Crippen molar-refractivity contribution in [2.45, 2.75) is 25.9 Å². The summed E-state index contributed by atoms with van der Waals surface area (Å²) in [6, 6.07) is 0. The Bertz CT molecular complexity index is 319. The first-order valence-electron chi connectivity index (χ1n) is 6.20. The summed E-state index contributed by atoms with van der Waals surface area (Å²) in [5.74, 6) is 0.239. The lowest BCUT2D eigenvalue weighted by atomic mass is 10.3. The van der Waals surface area contributed by atoms with E-state index in [9.17, 15) is 8.42 Å². The smallest absolute Gasteiger partial charge is 0.213 e. The van der Waals surface area contributed by atoms with Gasteiger partial charge in [-0.05, 0) is 13.5 Å².